The summed E-state index contributed by atoms with van der Waals surface area (Å²) in [6, 6.07) is 3.46. The molecule has 0 fully saturated rings. The van der Waals surface area contributed by atoms with Gasteiger partial charge in [-0.25, -0.2) is 13.8 Å². The highest BCUT2D eigenvalue weighted by molar-refractivity contribution is 7.21. The number of ketones is 1. The third-order valence-corrected chi connectivity index (χ3v) is 8.25. The first-order valence-electron chi connectivity index (χ1n) is 12.6. The molecule has 11 nitrogen and oxygen atoms in total. The van der Waals surface area contributed by atoms with E-state index in [1.54, 1.807) is 6.92 Å². The van der Waals surface area contributed by atoms with Crippen LogP contribution in [0.2, 0.25) is 0 Å². The van der Waals surface area contributed by atoms with E-state index in [2.05, 4.69) is 10.2 Å². The first-order chi connectivity index (χ1) is 18.8. The predicted molar refractivity (Wildman–Crippen MR) is 148 cm³/mol. The third kappa shape index (κ3) is 4.88. The highest BCUT2D eigenvalue weighted by atomic mass is 32.1. The minimum absolute atomic E-state index is 0.0197. The molecule has 0 spiro atoms. The van der Waals surface area contributed by atoms with E-state index in [1.807, 2.05) is 13.8 Å². The number of carbonyl (C=O) groups excluding carboxylic acids is 1. The number of benzene rings is 1. The normalized spacial score (nSPS) is 13.7. The molecule has 1 atom stereocenters. The fourth-order valence-corrected chi connectivity index (χ4v) is 5.96. The molecule has 0 aliphatic heterocycles. The molecule has 214 valence electrons. The molecule has 0 saturated carbocycles. The SMILES string of the molecule is COc1ccc(F)cc1[C@](O)(CO)Cn1c(=O)n(C(C)(C)C(=O)CC(C)C)c(=O)c2c(C)c(-n3nccn3)sc21. The predicted octanol–water partition coefficient (Wildman–Crippen LogP) is 2.49. The van der Waals surface area contributed by atoms with Crippen LogP contribution in [0.5, 0.6) is 5.75 Å². The Morgan fingerprint density at radius 2 is 1.85 bits per heavy atom. The topological polar surface area (TPSA) is 141 Å². The van der Waals surface area contributed by atoms with Gasteiger partial charge in [0.1, 0.15) is 32.5 Å². The van der Waals surface area contributed by atoms with Crippen LogP contribution in [-0.2, 0) is 22.5 Å². The van der Waals surface area contributed by atoms with Crippen molar-refractivity contribution in [2.75, 3.05) is 13.7 Å². The van der Waals surface area contributed by atoms with Gasteiger partial charge in [-0.15, -0.1) is 4.80 Å². The van der Waals surface area contributed by atoms with Crippen molar-refractivity contribution in [2.24, 2.45) is 5.92 Å². The van der Waals surface area contributed by atoms with E-state index in [9.17, 15) is 29.0 Å². The number of ether oxygens (including phenoxy) is 1. The summed E-state index contributed by atoms with van der Waals surface area (Å²) >= 11 is 1.04. The van der Waals surface area contributed by atoms with Crippen molar-refractivity contribution in [1.82, 2.24) is 24.1 Å². The van der Waals surface area contributed by atoms with E-state index in [1.165, 1.54) is 44.2 Å². The Balaban J connectivity index is 2.08. The number of fused-ring (bicyclic) bond motifs is 1. The molecule has 40 heavy (non-hydrogen) atoms. The first-order valence-corrected chi connectivity index (χ1v) is 13.4. The number of aryl methyl sites for hydroxylation is 1. The molecule has 3 aromatic heterocycles. The molecular weight excluding hydrogens is 541 g/mol. The Morgan fingerprint density at radius 3 is 2.42 bits per heavy atom. The molecule has 0 aliphatic carbocycles. The van der Waals surface area contributed by atoms with Gasteiger partial charge in [0.15, 0.2) is 5.78 Å². The number of Topliss-reactive ketones (excluding diaryl/α,β-unsaturated/α-hetero) is 1. The molecule has 0 saturated heterocycles. The van der Waals surface area contributed by atoms with Crippen molar-refractivity contribution in [3.8, 4) is 10.8 Å². The monoisotopic (exact) mass is 573 g/mol. The number of hydrogen-bond acceptors (Lipinski definition) is 9. The molecule has 0 unspecified atom stereocenters. The minimum Gasteiger partial charge on any atom is -0.496 e. The molecule has 4 aromatic rings. The van der Waals surface area contributed by atoms with Gasteiger partial charge in [-0.1, -0.05) is 25.2 Å². The molecule has 0 bridgehead atoms. The summed E-state index contributed by atoms with van der Waals surface area (Å²) in [6.07, 6.45) is 3.05. The van der Waals surface area contributed by atoms with Crippen LogP contribution >= 0.6 is 11.3 Å². The lowest BCUT2D eigenvalue weighted by molar-refractivity contribution is -0.127. The van der Waals surface area contributed by atoms with E-state index in [-0.39, 0.29) is 39.7 Å². The maximum Gasteiger partial charge on any atom is 0.333 e. The Labute approximate surface area is 233 Å². The molecule has 0 radical (unpaired) electrons. The molecule has 0 aliphatic rings. The molecule has 2 N–H and O–H groups in total. The molecular formula is C27H32FN5O6S. The highest BCUT2D eigenvalue weighted by Gasteiger charge is 2.39. The van der Waals surface area contributed by atoms with Crippen LogP contribution in [0.3, 0.4) is 0 Å². The van der Waals surface area contributed by atoms with Crippen molar-refractivity contribution in [3.63, 3.8) is 0 Å². The average Bonchev–Trinajstić information content (AvgIpc) is 3.54. The zero-order valence-electron chi connectivity index (χ0n) is 23.1. The standard InChI is InChI=1S/C27H32FN5O6S/c1-15(2)11-20(35)26(4,5)32-22(36)21-16(3)23(33-29-9-10-30-33)40-24(21)31(25(32)37)13-27(38,14-34)18-12-17(28)7-8-19(18)39-6/h7-10,12,15,34,38H,11,13-14H2,1-6H3/t27-/m1/s1. The van der Waals surface area contributed by atoms with Gasteiger partial charge in [0, 0.05) is 17.5 Å². The zero-order valence-corrected chi connectivity index (χ0v) is 24.0. The van der Waals surface area contributed by atoms with Crippen LogP contribution in [0, 0.1) is 18.7 Å². The Morgan fingerprint density at radius 1 is 1.20 bits per heavy atom. The number of halogens is 1. The van der Waals surface area contributed by atoms with Crippen molar-refractivity contribution < 1.29 is 24.1 Å². The van der Waals surface area contributed by atoms with Gasteiger partial charge in [-0.05, 0) is 44.9 Å². The number of aliphatic hydroxyl groups is 2. The smallest absolute Gasteiger partial charge is 0.333 e. The van der Waals surface area contributed by atoms with Gasteiger partial charge in [-0.3, -0.25) is 14.2 Å². The second kappa shape index (κ2) is 10.7. The van der Waals surface area contributed by atoms with Crippen LogP contribution in [0.1, 0.15) is 45.2 Å². The maximum absolute atomic E-state index is 14.3. The van der Waals surface area contributed by atoms with E-state index >= 15 is 0 Å². The molecule has 1 aromatic carbocycles. The number of nitrogens with zero attached hydrogens (tertiary/aromatic N) is 5. The molecule has 13 heteroatoms. The number of rotatable bonds is 10. The van der Waals surface area contributed by atoms with Crippen molar-refractivity contribution >= 4 is 27.3 Å². The zero-order chi connectivity index (χ0) is 29.6. The third-order valence-electron chi connectivity index (χ3n) is 6.97. The summed E-state index contributed by atoms with van der Waals surface area (Å²) in [7, 11) is 1.33. The van der Waals surface area contributed by atoms with Crippen LogP contribution in [0.15, 0.2) is 40.2 Å². The minimum atomic E-state index is -2.21. The second-order valence-corrected chi connectivity index (χ2v) is 11.6. The van der Waals surface area contributed by atoms with E-state index < -0.39 is 41.4 Å². The van der Waals surface area contributed by atoms with E-state index in [0.717, 1.165) is 32.6 Å². The van der Waals surface area contributed by atoms with Crippen molar-refractivity contribution in [2.45, 2.75) is 58.7 Å². The largest absolute Gasteiger partial charge is 0.496 e. The number of methoxy groups -OCH3 is 1. The lowest BCUT2D eigenvalue weighted by atomic mass is 9.91. The number of carbonyl (C=O) groups is 1. The first kappa shape index (κ1) is 29.3. The summed E-state index contributed by atoms with van der Waals surface area (Å²) in [4.78, 5) is 42.9. The lowest BCUT2D eigenvalue weighted by Crippen LogP contribution is -2.54. The fraction of sp³-hybridized carbons (Fsp3) is 0.444. The van der Waals surface area contributed by atoms with Crippen LogP contribution in [0.4, 0.5) is 4.39 Å². The van der Waals surface area contributed by atoms with E-state index in [4.69, 9.17) is 4.74 Å². The van der Waals surface area contributed by atoms with E-state index in [0.29, 0.717) is 10.6 Å². The summed E-state index contributed by atoms with van der Waals surface area (Å²) in [5.74, 6) is -0.941. The van der Waals surface area contributed by atoms with Crippen LogP contribution in [-0.4, -0.2) is 53.8 Å². The van der Waals surface area contributed by atoms with Gasteiger partial charge in [0.25, 0.3) is 5.56 Å². The summed E-state index contributed by atoms with van der Waals surface area (Å²) < 4.78 is 21.6. The Hall–Kier alpha value is -3.68. The van der Waals surface area contributed by atoms with Gasteiger partial charge in [0.05, 0.1) is 38.0 Å². The highest BCUT2D eigenvalue weighted by Crippen LogP contribution is 2.35. The number of aromatic nitrogens is 5. The second-order valence-electron chi connectivity index (χ2n) is 10.7. The molecule has 3 heterocycles. The quantitative estimate of drug-likeness (QED) is 0.295. The van der Waals surface area contributed by atoms with Gasteiger partial charge in [0.2, 0.25) is 0 Å². The summed E-state index contributed by atoms with van der Waals surface area (Å²) in [5, 5.41) is 30.9. The number of hydrogen-bond donors (Lipinski definition) is 2. The Bertz CT molecular complexity index is 1690. The summed E-state index contributed by atoms with van der Waals surface area (Å²) in [6.45, 7) is 6.91. The fourth-order valence-electron chi connectivity index (χ4n) is 4.75. The van der Waals surface area contributed by atoms with Gasteiger partial charge in [-0.2, -0.15) is 10.2 Å². The maximum atomic E-state index is 14.3. The van der Waals surface area contributed by atoms with Crippen LogP contribution < -0.4 is 16.0 Å². The molecule has 0 amide bonds. The van der Waals surface area contributed by atoms with Gasteiger partial charge < -0.3 is 14.9 Å². The molecule has 4 rings (SSSR count). The van der Waals surface area contributed by atoms with Crippen LogP contribution in [0.25, 0.3) is 15.2 Å². The lowest BCUT2D eigenvalue weighted by Gasteiger charge is -2.31. The van der Waals surface area contributed by atoms with Crippen molar-refractivity contribution in [3.05, 3.63) is 68.4 Å². The van der Waals surface area contributed by atoms with Gasteiger partial charge >= 0.3 is 5.69 Å². The Kier molecular flexibility index (Phi) is 7.85. The average molecular weight is 574 g/mol. The number of aliphatic hydroxyl groups excluding tert-OH is 1. The number of thiophene rings is 1. The summed E-state index contributed by atoms with van der Waals surface area (Å²) in [5.41, 5.74) is -4.93. The van der Waals surface area contributed by atoms with Crippen molar-refractivity contribution in [1.29, 1.82) is 0 Å².